The van der Waals surface area contributed by atoms with Gasteiger partial charge in [-0.05, 0) is 105 Å². The summed E-state index contributed by atoms with van der Waals surface area (Å²) in [5.41, 5.74) is 1.07. The molecular formula is C77H86Cl2F12N6O10. The number of rotatable bonds is 19. The highest BCUT2D eigenvalue weighted by Gasteiger charge is 2.44. The minimum absolute atomic E-state index is 0.0198. The highest BCUT2D eigenvalue weighted by molar-refractivity contribution is 6.30. The lowest BCUT2D eigenvalue weighted by Gasteiger charge is -2.35. The second kappa shape index (κ2) is 44.4. The van der Waals surface area contributed by atoms with Gasteiger partial charge in [0.2, 0.25) is 6.04 Å². The molecule has 0 bridgehead atoms. The number of ether oxygens (including phenoxy) is 4. The van der Waals surface area contributed by atoms with E-state index in [1.807, 2.05) is 4.90 Å². The predicted molar refractivity (Wildman–Crippen MR) is 374 cm³/mol. The van der Waals surface area contributed by atoms with Crippen LogP contribution in [0.3, 0.4) is 0 Å². The van der Waals surface area contributed by atoms with Crippen molar-refractivity contribution >= 4 is 35.0 Å². The first-order valence-corrected chi connectivity index (χ1v) is 36.0. The second-order valence-electron chi connectivity index (χ2n) is 26.2. The molecule has 6 fully saturated rings. The van der Waals surface area contributed by atoms with Gasteiger partial charge in [0.1, 0.15) is 58.2 Å². The lowest BCUT2D eigenvalue weighted by Crippen LogP contribution is -2.42. The number of benzene rings is 6. The van der Waals surface area contributed by atoms with Gasteiger partial charge in [-0.3, -0.25) is 24.3 Å². The predicted octanol–water partition coefficient (Wildman–Crippen LogP) is 13.9. The van der Waals surface area contributed by atoms with Crippen molar-refractivity contribution in [2.45, 2.75) is 118 Å². The van der Waals surface area contributed by atoms with Crippen molar-refractivity contribution in [3.63, 3.8) is 0 Å². The molecule has 6 aromatic rings. The summed E-state index contributed by atoms with van der Waals surface area (Å²) >= 11 is 10.5. The van der Waals surface area contributed by atoms with E-state index in [-0.39, 0.29) is 77.2 Å². The molecule has 1 unspecified atom stereocenters. The van der Waals surface area contributed by atoms with Gasteiger partial charge in [-0.15, -0.1) is 23.2 Å². The van der Waals surface area contributed by atoms with Crippen molar-refractivity contribution in [3.8, 4) is 6.07 Å². The number of aliphatic carboxylic acids is 1. The number of Topliss-reactive ketones (excluding diaryl/α,β-unsaturated/α-hetero) is 1. The Bertz CT molecular complexity index is 3890. The van der Waals surface area contributed by atoms with E-state index < -0.39 is 112 Å². The second-order valence-corrected chi connectivity index (χ2v) is 26.8. The Kier molecular flexibility index (Phi) is 36.1. The Labute approximate surface area is 623 Å². The molecule has 0 radical (unpaired) electrons. The highest BCUT2D eigenvalue weighted by atomic mass is 35.5. The zero-order valence-corrected chi connectivity index (χ0v) is 59.9. The number of alkyl halides is 2. The normalized spacial score (nSPS) is 20.3. The van der Waals surface area contributed by atoms with Gasteiger partial charge in [-0.2, -0.15) is 5.26 Å². The smallest absolute Gasteiger partial charge is 0.308 e. The van der Waals surface area contributed by atoms with Gasteiger partial charge in [-0.1, -0.05) is 30.3 Å². The molecule has 0 aromatic heterocycles. The Hall–Kier alpha value is -7.26. The van der Waals surface area contributed by atoms with Crippen molar-refractivity contribution < 1.29 is 102 Å². The van der Waals surface area contributed by atoms with Crippen molar-refractivity contribution in [2.75, 3.05) is 110 Å². The molecule has 6 aliphatic heterocycles. The first kappa shape index (κ1) is 87.0. The summed E-state index contributed by atoms with van der Waals surface area (Å²) in [5.74, 6) is -11.6. The fraction of sp³-hybridized carbons (Fsp3) is 0.481. The number of nitrogens with one attached hydrogen (secondary N) is 1. The average Bonchev–Trinajstić information content (AvgIpc) is 1.65. The molecule has 6 aliphatic rings. The van der Waals surface area contributed by atoms with Crippen LogP contribution in [0.5, 0.6) is 0 Å². The van der Waals surface area contributed by atoms with Crippen LogP contribution in [0.4, 0.5) is 52.7 Å². The van der Waals surface area contributed by atoms with E-state index in [9.17, 15) is 77.6 Å². The number of carboxylic acids is 1. The Morgan fingerprint density at radius 3 is 1.40 bits per heavy atom. The fourth-order valence-electron chi connectivity index (χ4n) is 13.4. The van der Waals surface area contributed by atoms with E-state index in [2.05, 4.69) is 26.0 Å². The number of carboxylic acid groups (broad SMARTS) is 1. The maximum atomic E-state index is 14.0. The van der Waals surface area contributed by atoms with Crippen LogP contribution in [-0.4, -0.2) is 188 Å². The summed E-state index contributed by atoms with van der Waals surface area (Å²) in [5, 5.41) is 50.7. The van der Waals surface area contributed by atoms with E-state index in [1.165, 1.54) is 48.5 Å². The third kappa shape index (κ3) is 26.8. The summed E-state index contributed by atoms with van der Waals surface area (Å²) in [4.78, 5) is 32.5. The summed E-state index contributed by atoms with van der Waals surface area (Å²) in [6.07, 6.45) is 4.33. The number of likely N-dealkylation sites (tertiary alicyclic amines) is 2. The van der Waals surface area contributed by atoms with Crippen LogP contribution in [0, 0.1) is 93.6 Å². The quantitative estimate of drug-likeness (QED) is 0.0222. The monoisotopic (exact) mass is 1550 g/mol. The number of carbonyl (C=O) groups is 2. The number of nitrogens with zero attached hydrogens (tertiary/aromatic N) is 5. The summed E-state index contributed by atoms with van der Waals surface area (Å²) in [7, 11) is 0. The topological polar surface area (TPSA) is 202 Å². The summed E-state index contributed by atoms with van der Waals surface area (Å²) in [6.45, 7) is 16.1. The van der Waals surface area contributed by atoms with E-state index >= 15 is 0 Å². The maximum Gasteiger partial charge on any atom is 0.308 e. The fourth-order valence-corrected chi connectivity index (χ4v) is 13.7. The number of carbonyl (C=O) groups excluding carboxylic acids is 1. The van der Waals surface area contributed by atoms with E-state index in [4.69, 9.17) is 59.1 Å². The maximum absolute atomic E-state index is 14.0. The van der Waals surface area contributed by atoms with Crippen LogP contribution in [0.25, 0.3) is 4.85 Å². The number of nitriles is 1. The summed E-state index contributed by atoms with van der Waals surface area (Å²) in [6, 6.07) is 22.4. The molecular weight excluding hydrogens is 1470 g/mol. The molecule has 582 valence electrons. The Morgan fingerprint density at radius 2 is 0.963 bits per heavy atom. The number of aliphatic hydroxyl groups is 3. The van der Waals surface area contributed by atoms with Crippen molar-refractivity contribution in [1.29, 1.82) is 5.26 Å². The van der Waals surface area contributed by atoms with Gasteiger partial charge >= 0.3 is 5.97 Å². The molecule has 0 saturated carbocycles. The third-order valence-electron chi connectivity index (χ3n) is 19.2. The van der Waals surface area contributed by atoms with Crippen LogP contribution >= 0.6 is 23.2 Å². The van der Waals surface area contributed by atoms with Crippen LogP contribution in [-0.2, 0) is 23.7 Å². The van der Waals surface area contributed by atoms with E-state index in [0.717, 1.165) is 119 Å². The van der Waals surface area contributed by atoms with Gasteiger partial charge in [0, 0.05) is 187 Å². The van der Waals surface area contributed by atoms with Crippen LogP contribution in [0.1, 0.15) is 126 Å². The van der Waals surface area contributed by atoms with Gasteiger partial charge in [0.05, 0.1) is 54.5 Å². The number of hydrogen-bond acceptors (Lipinski definition) is 14. The zero-order chi connectivity index (χ0) is 77.7. The minimum atomic E-state index is -1.08. The third-order valence-corrected chi connectivity index (χ3v) is 19.7. The number of hydrogen-bond donors (Lipinski definition) is 5. The zero-order valence-electron chi connectivity index (χ0n) is 58.4. The van der Waals surface area contributed by atoms with Crippen LogP contribution in [0.2, 0.25) is 0 Å². The van der Waals surface area contributed by atoms with Crippen LogP contribution in [0.15, 0.2) is 109 Å². The molecule has 6 saturated heterocycles. The average molecular weight is 1550 g/mol. The van der Waals surface area contributed by atoms with Gasteiger partial charge in [0.15, 0.2) is 17.4 Å². The van der Waals surface area contributed by atoms with Crippen molar-refractivity contribution in [3.05, 3.63) is 224 Å². The standard InChI is InChI=1S/C16H20F2N2O2.C16H18F2N2O.C16H19F2NO3.C13H17F2NO2.C8H7ClF2O.C8H5ClF2O/c17-12-2-3-14(15(18)10-12)16(21)11-20(7-1-6-19)13-4-8-22-9-5-13;1-19-16-10-20(12-4-6-21-7-5-12)9-14(16)13-3-2-11(17)8-15(13)18;17-10-1-2-12(15(18)7-10)13-8-19(9-14(13)16(20)21)11-3-5-22-6-4-11;14-9-1-2-11(12(15)7-9)13(17)8-16-10-3-5-18-6-4-10;9-4-8(12)6-2-1-5(10)3-7(6)11;9-4-8(12)5-1-2-6(10)7(11)3-5/h2-3,10,13,16,21H,1,4-5,7-9,11H2;2-3,8,12,14,16H,4-7,9-10H2;1-2,7,11,13-14H,3-6,8-9H2,(H,20,21);1-2,7,10,13,16-17H,3-6,8H2;1-3,8,12H,4H2;1-3H,4H2/t16-;14-,16?;13-,14+;13-;8-;/m10011./s1. The van der Waals surface area contributed by atoms with Crippen molar-refractivity contribution in [1.82, 2.24) is 20.0 Å². The van der Waals surface area contributed by atoms with Crippen LogP contribution < -0.4 is 5.32 Å². The first-order chi connectivity index (χ1) is 51.3. The molecule has 0 amide bonds. The molecule has 12 rings (SSSR count). The van der Waals surface area contributed by atoms with E-state index in [0.29, 0.717) is 102 Å². The SMILES string of the molecule is N#CCCN(C[C@@H](O)c1ccc(F)cc1F)C1CCOCC1.O=C(CCl)c1ccc(F)c(F)c1.O=C(O)[C@@H]1CN(C2CCOCC2)C[C@H]1c1ccc(F)cc1F.O[C@H](CCl)c1ccc(F)cc1F.O[C@H](CNC1CCOCC1)c1ccc(F)cc1F.[C-]#[N+]C1CN(C2CCOCC2)C[C@H]1c1ccc(F)cc1F. The first-order valence-electron chi connectivity index (χ1n) is 34.9. The summed E-state index contributed by atoms with van der Waals surface area (Å²) < 4.78 is 178. The molecule has 6 aromatic carbocycles. The largest absolute Gasteiger partial charge is 0.481 e. The highest BCUT2D eigenvalue weighted by Crippen LogP contribution is 2.38. The molecule has 0 aliphatic carbocycles. The molecule has 0 spiro atoms. The molecule has 5 N–H and O–H groups in total. The molecule has 30 heteroatoms. The number of ketones is 1. The molecule has 6 heterocycles. The van der Waals surface area contributed by atoms with Gasteiger partial charge < -0.3 is 49.5 Å². The Morgan fingerprint density at radius 1 is 0.533 bits per heavy atom. The number of halogens is 14. The molecule has 16 nitrogen and oxygen atoms in total. The van der Waals surface area contributed by atoms with Crippen molar-refractivity contribution in [2.24, 2.45) is 5.92 Å². The van der Waals surface area contributed by atoms with E-state index in [1.54, 1.807) is 0 Å². The molecule has 107 heavy (non-hydrogen) atoms. The lowest BCUT2D eigenvalue weighted by molar-refractivity contribution is -0.141. The molecule has 7 atom stereocenters. The van der Waals surface area contributed by atoms with Gasteiger partial charge in [0.25, 0.3) is 0 Å². The minimum Gasteiger partial charge on any atom is -0.481 e. The Balaban J connectivity index is 0.000000182. The van der Waals surface area contributed by atoms with Gasteiger partial charge in [-0.25, -0.2) is 59.3 Å². The lowest BCUT2D eigenvalue weighted by atomic mass is 9.88. The number of aliphatic hydroxyl groups excluding tert-OH is 3.